The van der Waals surface area contributed by atoms with E-state index in [0.717, 1.165) is 36.9 Å². The summed E-state index contributed by atoms with van der Waals surface area (Å²) >= 11 is 3.26. The molecule has 3 rings (SSSR count). The second kappa shape index (κ2) is 10.2. The van der Waals surface area contributed by atoms with Crippen LogP contribution in [0.4, 0.5) is 0 Å². The lowest BCUT2D eigenvalue weighted by Gasteiger charge is -2.21. The van der Waals surface area contributed by atoms with Gasteiger partial charge in [-0.25, -0.2) is 0 Å². The summed E-state index contributed by atoms with van der Waals surface area (Å²) in [6.07, 6.45) is 2.72. The topological polar surface area (TPSA) is 71.8 Å². The van der Waals surface area contributed by atoms with E-state index in [2.05, 4.69) is 25.4 Å². The Labute approximate surface area is 162 Å². The lowest BCUT2D eigenvalue weighted by Crippen LogP contribution is -2.27. The molecule has 2 aromatic heterocycles. The molecule has 0 spiro atoms. The van der Waals surface area contributed by atoms with E-state index in [9.17, 15) is 4.79 Å². The molecule has 2 N–H and O–H groups in total. The molecular weight excluding hydrogens is 378 g/mol. The Kier molecular flexibility index (Phi) is 8.21. The van der Waals surface area contributed by atoms with Crippen LogP contribution in [0.2, 0.25) is 0 Å². The van der Waals surface area contributed by atoms with Gasteiger partial charge in [-0.15, -0.1) is 33.9 Å². The van der Waals surface area contributed by atoms with E-state index in [1.807, 2.05) is 24.6 Å². The van der Waals surface area contributed by atoms with Crippen LogP contribution in [0, 0.1) is 0 Å². The predicted molar refractivity (Wildman–Crippen MR) is 105 cm³/mol. The molecule has 0 aliphatic carbocycles. The number of hydrogen-bond donors (Lipinski definition) is 2. The normalized spacial score (nSPS) is 14.9. The van der Waals surface area contributed by atoms with Crippen molar-refractivity contribution in [3.63, 3.8) is 0 Å². The first kappa shape index (κ1) is 20.2. The van der Waals surface area contributed by atoms with Gasteiger partial charge >= 0.3 is 0 Å². The maximum atomic E-state index is 11.9. The number of thiophene rings is 1. The summed E-state index contributed by atoms with van der Waals surface area (Å²) in [6.45, 7) is 2.71. The van der Waals surface area contributed by atoms with Gasteiger partial charge in [-0.05, 0) is 37.4 Å². The molecule has 2 aromatic rings. The minimum Gasteiger partial charge on any atom is -0.351 e. The summed E-state index contributed by atoms with van der Waals surface area (Å²) in [5.41, 5.74) is 0. The van der Waals surface area contributed by atoms with E-state index >= 15 is 0 Å². The Balaban J connectivity index is 0.00000225. The van der Waals surface area contributed by atoms with Crippen molar-refractivity contribution in [2.45, 2.75) is 36.9 Å². The fraction of sp³-hybridized carbons (Fsp3) is 0.562. The summed E-state index contributed by atoms with van der Waals surface area (Å²) in [4.78, 5) is 13.1. The number of nitrogens with one attached hydrogen (secondary N) is 2. The standard InChI is InChI=1S/C16H23N5OS2.ClH/c1-21-15(12-4-7-17-8-5-12)19-20-16(21)24-10-6-14(22)18-11-13-3-2-9-23-13;/h2-3,9,12,17H,4-8,10-11H2,1H3,(H,18,22);1H. The first-order valence-electron chi connectivity index (χ1n) is 8.26. The number of nitrogens with zero attached hydrogens (tertiary/aromatic N) is 3. The van der Waals surface area contributed by atoms with Gasteiger partial charge in [-0.3, -0.25) is 4.79 Å². The van der Waals surface area contributed by atoms with Crippen molar-refractivity contribution in [2.75, 3.05) is 18.8 Å². The molecule has 0 aromatic carbocycles. The van der Waals surface area contributed by atoms with Gasteiger partial charge in [0.1, 0.15) is 5.82 Å². The molecule has 0 saturated carbocycles. The number of carbonyl (C=O) groups excluding carboxylic acids is 1. The zero-order valence-electron chi connectivity index (χ0n) is 14.2. The Morgan fingerprint density at radius 2 is 2.24 bits per heavy atom. The molecule has 1 saturated heterocycles. The Bertz CT molecular complexity index is 656. The molecule has 1 aliphatic rings. The molecule has 1 aliphatic heterocycles. The quantitative estimate of drug-likeness (QED) is 0.697. The van der Waals surface area contributed by atoms with Crippen LogP contribution in [0.3, 0.4) is 0 Å². The van der Waals surface area contributed by atoms with Crippen molar-refractivity contribution < 1.29 is 4.79 Å². The summed E-state index contributed by atoms with van der Waals surface area (Å²) in [7, 11) is 2.02. The molecule has 0 atom stereocenters. The van der Waals surface area contributed by atoms with Gasteiger partial charge in [-0.2, -0.15) is 0 Å². The van der Waals surface area contributed by atoms with E-state index in [1.165, 1.54) is 4.88 Å². The van der Waals surface area contributed by atoms with Gasteiger partial charge < -0.3 is 15.2 Å². The lowest BCUT2D eigenvalue weighted by molar-refractivity contribution is -0.120. The number of halogens is 1. The Morgan fingerprint density at radius 3 is 2.96 bits per heavy atom. The molecular formula is C16H24ClN5OS2. The molecule has 0 radical (unpaired) electrons. The zero-order valence-corrected chi connectivity index (χ0v) is 16.7. The van der Waals surface area contributed by atoms with Gasteiger partial charge in [0, 0.05) is 30.0 Å². The summed E-state index contributed by atoms with van der Waals surface area (Å²) in [5, 5.41) is 17.9. The molecule has 25 heavy (non-hydrogen) atoms. The first-order chi connectivity index (χ1) is 11.7. The van der Waals surface area contributed by atoms with Crippen LogP contribution in [0.25, 0.3) is 0 Å². The van der Waals surface area contributed by atoms with Gasteiger partial charge in [-0.1, -0.05) is 17.8 Å². The molecule has 3 heterocycles. The van der Waals surface area contributed by atoms with E-state index in [4.69, 9.17) is 0 Å². The molecule has 0 unspecified atom stereocenters. The van der Waals surface area contributed by atoms with Gasteiger partial charge in [0.2, 0.25) is 5.91 Å². The fourth-order valence-corrected chi connectivity index (χ4v) is 4.31. The molecule has 0 bridgehead atoms. The van der Waals surface area contributed by atoms with Crippen molar-refractivity contribution in [3.05, 3.63) is 28.2 Å². The van der Waals surface area contributed by atoms with Crippen molar-refractivity contribution in [3.8, 4) is 0 Å². The highest BCUT2D eigenvalue weighted by Gasteiger charge is 2.21. The molecule has 1 fully saturated rings. The van der Waals surface area contributed by atoms with Crippen molar-refractivity contribution in [2.24, 2.45) is 7.05 Å². The summed E-state index contributed by atoms with van der Waals surface area (Å²) < 4.78 is 2.09. The fourth-order valence-electron chi connectivity index (χ4n) is 2.81. The number of hydrogen-bond acceptors (Lipinski definition) is 6. The summed E-state index contributed by atoms with van der Waals surface area (Å²) in [5.74, 6) is 2.36. The largest absolute Gasteiger partial charge is 0.351 e. The van der Waals surface area contributed by atoms with Crippen LogP contribution in [-0.2, 0) is 18.4 Å². The smallest absolute Gasteiger partial charge is 0.221 e. The van der Waals surface area contributed by atoms with E-state index in [1.54, 1.807) is 23.1 Å². The lowest BCUT2D eigenvalue weighted by atomic mass is 9.97. The van der Waals surface area contributed by atoms with E-state index < -0.39 is 0 Å². The number of piperidine rings is 1. The molecule has 6 nitrogen and oxygen atoms in total. The van der Waals surface area contributed by atoms with Crippen LogP contribution in [0.15, 0.2) is 22.7 Å². The third kappa shape index (κ3) is 5.70. The van der Waals surface area contributed by atoms with Crippen LogP contribution in [0.5, 0.6) is 0 Å². The Hall–Kier alpha value is -1.09. The highest BCUT2D eigenvalue weighted by atomic mass is 35.5. The average molecular weight is 402 g/mol. The van der Waals surface area contributed by atoms with Crippen LogP contribution >= 0.6 is 35.5 Å². The predicted octanol–water partition coefficient (Wildman–Crippen LogP) is 2.56. The molecule has 9 heteroatoms. The van der Waals surface area contributed by atoms with Gasteiger partial charge in [0.15, 0.2) is 5.16 Å². The Morgan fingerprint density at radius 1 is 1.44 bits per heavy atom. The van der Waals surface area contributed by atoms with Crippen LogP contribution < -0.4 is 10.6 Å². The number of thioether (sulfide) groups is 1. The second-order valence-electron chi connectivity index (χ2n) is 5.88. The maximum absolute atomic E-state index is 11.9. The molecule has 138 valence electrons. The minimum atomic E-state index is 0. The van der Waals surface area contributed by atoms with Crippen molar-refractivity contribution in [1.82, 2.24) is 25.4 Å². The highest BCUT2D eigenvalue weighted by Crippen LogP contribution is 2.26. The number of carbonyl (C=O) groups is 1. The number of amides is 1. The van der Waals surface area contributed by atoms with Crippen molar-refractivity contribution >= 4 is 41.4 Å². The zero-order chi connectivity index (χ0) is 16.8. The minimum absolute atomic E-state index is 0. The number of aromatic nitrogens is 3. The second-order valence-corrected chi connectivity index (χ2v) is 7.97. The SMILES string of the molecule is Cl.Cn1c(SCCC(=O)NCc2cccs2)nnc1C1CCNCC1. The summed E-state index contributed by atoms with van der Waals surface area (Å²) in [6, 6.07) is 4.03. The van der Waals surface area contributed by atoms with E-state index in [-0.39, 0.29) is 18.3 Å². The number of rotatable bonds is 7. The highest BCUT2D eigenvalue weighted by molar-refractivity contribution is 7.99. The van der Waals surface area contributed by atoms with Crippen LogP contribution in [-0.4, -0.2) is 39.5 Å². The third-order valence-electron chi connectivity index (χ3n) is 4.17. The maximum Gasteiger partial charge on any atom is 0.221 e. The van der Waals surface area contributed by atoms with Crippen molar-refractivity contribution in [1.29, 1.82) is 0 Å². The van der Waals surface area contributed by atoms with Gasteiger partial charge in [0.05, 0.1) is 6.54 Å². The average Bonchev–Trinajstić information content (AvgIpc) is 3.24. The third-order valence-corrected chi connectivity index (χ3v) is 6.07. The molecule has 1 amide bonds. The van der Waals surface area contributed by atoms with Gasteiger partial charge in [0.25, 0.3) is 0 Å². The van der Waals surface area contributed by atoms with Crippen LogP contribution in [0.1, 0.15) is 35.9 Å². The van der Waals surface area contributed by atoms with E-state index in [0.29, 0.717) is 24.6 Å². The first-order valence-corrected chi connectivity index (χ1v) is 10.1. The monoisotopic (exact) mass is 401 g/mol.